The molecule has 0 aromatic heterocycles. The molecule has 136 valence electrons. The molecule has 0 saturated carbocycles. The van der Waals surface area contributed by atoms with Gasteiger partial charge in [-0.3, -0.25) is 4.79 Å². The topological polar surface area (TPSA) is 58.6 Å². The van der Waals surface area contributed by atoms with Gasteiger partial charge in [-0.15, -0.1) is 0 Å². The summed E-state index contributed by atoms with van der Waals surface area (Å²) in [5.41, 5.74) is 1.05. The number of esters is 1. The third-order valence-electron chi connectivity index (χ3n) is 3.85. The molecule has 0 saturated heterocycles. The molecule has 0 spiro atoms. The molecule has 0 bridgehead atoms. The Morgan fingerprint density at radius 1 is 1.04 bits per heavy atom. The Labute approximate surface area is 146 Å². The number of rotatable bonds is 13. The number of benzene rings is 1. The van der Waals surface area contributed by atoms with E-state index in [1.54, 1.807) is 0 Å². The number of hydrogen-bond acceptors (Lipinski definition) is 4. The molecular formula is C20H33NO3. The Bertz CT molecular complexity index is 434. The van der Waals surface area contributed by atoms with Crippen molar-refractivity contribution in [2.24, 2.45) is 0 Å². The predicted octanol–water partition coefficient (Wildman–Crippen LogP) is 4.53. The Morgan fingerprint density at radius 2 is 1.67 bits per heavy atom. The SMILES string of the molecule is CC(C)OC(=O)CCCCCCCCC(O)CNc1ccccc1. The van der Waals surface area contributed by atoms with Crippen molar-refractivity contribution in [1.82, 2.24) is 0 Å². The molecule has 2 N–H and O–H groups in total. The molecule has 0 fully saturated rings. The van der Waals surface area contributed by atoms with Crippen molar-refractivity contribution in [1.29, 1.82) is 0 Å². The van der Waals surface area contributed by atoms with E-state index < -0.39 is 0 Å². The lowest BCUT2D eigenvalue weighted by atomic mass is 10.1. The van der Waals surface area contributed by atoms with E-state index in [4.69, 9.17) is 4.74 Å². The number of carbonyl (C=O) groups excluding carboxylic acids is 1. The molecule has 0 heterocycles. The van der Waals surface area contributed by atoms with E-state index in [1.165, 1.54) is 0 Å². The second-order valence-electron chi connectivity index (χ2n) is 6.60. The molecule has 4 nitrogen and oxygen atoms in total. The summed E-state index contributed by atoms with van der Waals surface area (Å²) in [5.74, 6) is -0.0842. The van der Waals surface area contributed by atoms with Gasteiger partial charge in [0.2, 0.25) is 0 Å². The third-order valence-corrected chi connectivity index (χ3v) is 3.85. The smallest absolute Gasteiger partial charge is 0.306 e. The van der Waals surface area contributed by atoms with E-state index in [0.29, 0.717) is 13.0 Å². The summed E-state index contributed by atoms with van der Waals surface area (Å²) in [6.07, 6.45) is 7.54. The zero-order valence-electron chi connectivity index (χ0n) is 15.2. The molecule has 1 unspecified atom stereocenters. The van der Waals surface area contributed by atoms with Crippen molar-refractivity contribution >= 4 is 11.7 Å². The van der Waals surface area contributed by atoms with Gasteiger partial charge in [0.1, 0.15) is 0 Å². The minimum absolute atomic E-state index is 0.0136. The number of para-hydroxylation sites is 1. The highest BCUT2D eigenvalue weighted by Gasteiger charge is 2.05. The predicted molar refractivity (Wildman–Crippen MR) is 99.1 cm³/mol. The first-order chi connectivity index (χ1) is 11.6. The maximum atomic E-state index is 11.4. The van der Waals surface area contributed by atoms with Crippen LogP contribution >= 0.6 is 0 Å². The average Bonchev–Trinajstić information content (AvgIpc) is 2.55. The Kier molecular flexibility index (Phi) is 10.9. The summed E-state index contributed by atoms with van der Waals surface area (Å²) in [6.45, 7) is 4.35. The van der Waals surface area contributed by atoms with Crippen LogP contribution in [0.5, 0.6) is 0 Å². The molecule has 1 aromatic rings. The number of nitrogens with one attached hydrogen (secondary N) is 1. The molecule has 1 rings (SSSR count). The zero-order valence-corrected chi connectivity index (χ0v) is 15.2. The van der Waals surface area contributed by atoms with E-state index in [2.05, 4.69) is 5.32 Å². The fourth-order valence-electron chi connectivity index (χ4n) is 2.57. The first-order valence-corrected chi connectivity index (χ1v) is 9.24. The van der Waals surface area contributed by atoms with Crippen LogP contribution in [0.2, 0.25) is 0 Å². The highest BCUT2D eigenvalue weighted by Crippen LogP contribution is 2.11. The van der Waals surface area contributed by atoms with Crippen LogP contribution in [0.15, 0.2) is 30.3 Å². The van der Waals surface area contributed by atoms with Gasteiger partial charge in [-0.05, 0) is 38.8 Å². The fraction of sp³-hybridized carbons (Fsp3) is 0.650. The molecule has 0 aliphatic carbocycles. The van der Waals surface area contributed by atoms with Gasteiger partial charge in [-0.2, -0.15) is 0 Å². The lowest BCUT2D eigenvalue weighted by molar-refractivity contribution is -0.147. The maximum absolute atomic E-state index is 11.4. The van der Waals surface area contributed by atoms with Gasteiger partial charge in [0.15, 0.2) is 0 Å². The van der Waals surface area contributed by atoms with E-state index in [-0.39, 0.29) is 18.2 Å². The van der Waals surface area contributed by atoms with Gasteiger partial charge in [0, 0.05) is 18.7 Å². The second kappa shape index (κ2) is 12.8. The van der Waals surface area contributed by atoms with Crippen molar-refractivity contribution < 1.29 is 14.6 Å². The number of carbonyl (C=O) groups is 1. The van der Waals surface area contributed by atoms with Gasteiger partial charge < -0.3 is 15.2 Å². The van der Waals surface area contributed by atoms with Crippen LogP contribution in [0.25, 0.3) is 0 Å². The van der Waals surface area contributed by atoms with Crippen LogP contribution in [0.3, 0.4) is 0 Å². The van der Waals surface area contributed by atoms with Crippen molar-refractivity contribution in [3.63, 3.8) is 0 Å². The largest absolute Gasteiger partial charge is 0.463 e. The summed E-state index contributed by atoms with van der Waals surface area (Å²) in [5, 5.41) is 13.2. The molecule has 0 amide bonds. The first-order valence-electron chi connectivity index (χ1n) is 9.24. The van der Waals surface area contributed by atoms with Crippen molar-refractivity contribution in [3.05, 3.63) is 30.3 Å². The monoisotopic (exact) mass is 335 g/mol. The molecular weight excluding hydrogens is 302 g/mol. The average molecular weight is 335 g/mol. The number of anilines is 1. The van der Waals surface area contributed by atoms with Crippen LogP contribution in [0.4, 0.5) is 5.69 Å². The number of hydrogen-bond donors (Lipinski definition) is 2. The summed E-state index contributed by atoms with van der Waals surface area (Å²) in [4.78, 5) is 11.4. The van der Waals surface area contributed by atoms with Crippen LogP contribution in [0, 0.1) is 0 Å². The second-order valence-corrected chi connectivity index (χ2v) is 6.60. The number of aliphatic hydroxyl groups is 1. The summed E-state index contributed by atoms with van der Waals surface area (Å²) >= 11 is 0. The molecule has 1 atom stereocenters. The van der Waals surface area contributed by atoms with Gasteiger partial charge in [0.05, 0.1) is 12.2 Å². The number of unbranched alkanes of at least 4 members (excludes halogenated alkanes) is 5. The van der Waals surface area contributed by atoms with Crippen molar-refractivity contribution in [2.45, 2.75) is 77.4 Å². The fourth-order valence-corrected chi connectivity index (χ4v) is 2.57. The Balaban J connectivity index is 1.90. The van der Waals surface area contributed by atoms with Crippen LogP contribution in [0.1, 0.15) is 65.2 Å². The van der Waals surface area contributed by atoms with Crippen molar-refractivity contribution in [2.75, 3.05) is 11.9 Å². The van der Waals surface area contributed by atoms with Crippen LogP contribution < -0.4 is 5.32 Å². The molecule has 0 radical (unpaired) electrons. The summed E-state index contributed by atoms with van der Waals surface area (Å²) < 4.78 is 5.10. The van der Waals surface area contributed by atoms with E-state index >= 15 is 0 Å². The number of aliphatic hydroxyl groups excluding tert-OH is 1. The highest BCUT2D eigenvalue weighted by atomic mass is 16.5. The highest BCUT2D eigenvalue weighted by molar-refractivity contribution is 5.69. The molecule has 4 heteroatoms. The normalized spacial score (nSPS) is 12.2. The lowest BCUT2D eigenvalue weighted by Gasteiger charge is -2.12. The molecule has 24 heavy (non-hydrogen) atoms. The Morgan fingerprint density at radius 3 is 2.33 bits per heavy atom. The number of ether oxygens (including phenoxy) is 1. The molecule has 0 aliphatic rings. The first kappa shape index (κ1) is 20.5. The van der Waals surface area contributed by atoms with Gasteiger partial charge in [0.25, 0.3) is 0 Å². The van der Waals surface area contributed by atoms with E-state index in [0.717, 1.165) is 50.6 Å². The molecule has 1 aromatic carbocycles. The molecule has 0 aliphatic heterocycles. The maximum Gasteiger partial charge on any atom is 0.306 e. The third kappa shape index (κ3) is 11.1. The lowest BCUT2D eigenvalue weighted by Crippen LogP contribution is -2.19. The van der Waals surface area contributed by atoms with E-state index in [9.17, 15) is 9.90 Å². The van der Waals surface area contributed by atoms with Crippen LogP contribution in [-0.2, 0) is 9.53 Å². The quantitative estimate of drug-likeness (QED) is 0.411. The van der Waals surface area contributed by atoms with Crippen molar-refractivity contribution in [3.8, 4) is 0 Å². The van der Waals surface area contributed by atoms with E-state index in [1.807, 2.05) is 44.2 Å². The van der Waals surface area contributed by atoms with Gasteiger partial charge >= 0.3 is 5.97 Å². The summed E-state index contributed by atoms with van der Waals surface area (Å²) in [7, 11) is 0. The van der Waals surface area contributed by atoms with Gasteiger partial charge in [-0.1, -0.05) is 50.3 Å². The Hall–Kier alpha value is -1.55. The van der Waals surface area contributed by atoms with Gasteiger partial charge in [-0.25, -0.2) is 0 Å². The minimum Gasteiger partial charge on any atom is -0.463 e. The zero-order chi connectivity index (χ0) is 17.6. The standard InChI is InChI=1S/C20H33NO3/c1-17(2)24-20(23)15-11-6-4-3-5-10-14-19(22)16-21-18-12-8-7-9-13-18/h7-9,12-13,17,19,21-22H,3-6,10-11,14-16H2,1-2H3. The minimum atomic E-state index is -0.295. The van der Waals surface area contributed by atoms with Crippen LogP contribution in [-0.4, -0.2) is 29.8 Å². The summed E-state index contributed by atoms with van der Waals surface area (Å²) in [6, 6.07) is 9.96.